The average molecular weight is 414 g/mol. The quantitative estimate of drug-likeness (QED) is 0.509. The molecule has 8 heteroatoms. The third kappa shape index (κ3) is 3.58. The van der Waals surface area contributed by atoms with Crippen LogP contribution < -0.4 is 5.32 Å². The van der Waals surface area contributed by atoms with Crippen LogP contribution in [0.5, 0.6) is 0 Å². The summed E-state index contributed by atoms with van der Waals surface area (Å²) in [5.74, 6) is -1.77. The van der Waals surface area contributed by atoms with Crippen molar-refractivity contribution in [2.75, 3.05) is 5.32 Å². The van der Waals surface area contributed by atoms with Crippen LogP contribution in [0.2, 0.25) is 0 Å². The standard InChI is InChI=1S/C21H20F2N4OS/c22-13-8-17-18(9-14(13)23)27(11-24-17)10-12-5-6-16-20(7-12)29-21(26-16)25-15-3-1-2-4-19(15)28/h5-9,11,15,19,28H,1-4,10H2,(H,25,26). The number of nitrogens with one attached hydrogen (secondary N) is 1. The molecule has 2 aromatic carbocycles. The molecule has 0 amide bonds. The van der Waals surface area contributed by atoms with Crippen molar-refractivity contribution in [3.63, 3.8) is 0 Å². The van der Waals surface area contributed by atoms with E-state index in [9.17, 15) is 13.9 Å². The number of hydrogen-bond acceptors (Lipinski definition) is 5. The van der Waals surface area contributed by atoms with Gasteiger partial charge in [-0.05, 0) is 30.5 Å². The summed E-state index contributed by atoms with van der Waals surface area (Å²) >= 11 is 1.56. The maximum Gasteiger partial charge on any atom is 0.184 e. The smallest absolute Gasteiger partial charge is 0.184 e. The number of nitrogens with zero attached hydrogens (tertiary/aromatic N) is 3. The van der Waals surface area contributed by atoms with Crippen molar-refractivity contribution in [1.29, 1.82) is 0 Å². The number of rotatable bonds is 4. The predicted molar refractivity (Wildman–Crippen MR) is 110 cm³/mol. The highest BCUT2D eigenvalue weighted by Gasteiger charge is 2.23. The van der Waals surface area contributed by atoms with Gasteiger partial charge >= 0.3 is 0 Å². The molecule has 0 radical (unpaired) electrons. The van der Waals surface area contributed by atoms with Crippen molar-refractivity contribution in [1.82, 2.24) is 14.5 Å². The molecular formula is C21H20F2N4OS. The molecule has 0 bridgehead atoms. The molecule has 2 aromatic heterocycles. The maximum atomic E-state index is 13.6. The molecule has 2 unspecified atom stereocenters. The number of fused-ring (bicyclic) bond motifs is 2. The number of aromatic nitrogens is 3. The molecule has 0 saturated heterocycles. The molecule has 4 aromatic rings. The zero-order valence-corrected chi connectivity index (χ0v) is 16.4. The first-order chi connectivity index (χ1) is 14.1. The highest BCUT2D eigenvalue weighted by atomic mass is 32.1. The minimum Gasteiger partial charge on any atom is -0.391 e. The fourth-order valence-electron chi connectivity index (χ4n) is 3.94. The van der Waals surface area contributed by atoms with E-state index in [4.69, 9.17) is 0 Å². The van der Waals surface area contributed by atoms with E-state index >= 15 is 0 Å². The first-order valence-corrected chi connectivity index (χ1v) is 10.5. The molecule has 2 heterocycles. The van der Waals surface area contributed by atoms with Crippen LogP contribution in [0.4, 0.5) is 13.9 Å². The van der Waals surface area contributed by atoms with E-state index in [0.29, 0.717) is 17.6 Å². The second-order valence-electron chi connectivity index (χ2n) is 7.55. The number of thiazole rings is 1. The normalized spacial score (nSPS) is 19.8. The van der Waals surface area contributed by atoms with Crippen molar-refractivity contribution < 1.29 is 13.9 Å². The van der Waals surface area contributed by atoms with Crippen molar-refractivity contribution in [3.8, 4) is 0 Å². The SMILES string of the molecule is OC1CCCCC1Nc1nc2ccc(Cn3cnc4cc(F)c(F)cc43)cc2s1. The van der Waals surface area contributed by atoms with Crippen LogP contribution in [0, 0.1) is 11.6 Å². The molecule has 150 valence electrons. The van der Waals surface area contributed by atoms with Gasteiger partial charge in [0.2, 0.25) is 0 Å². The number of benzene rings is 2. The number of aliphatic hydroxyl groups is 1. The summed E-state index contributed by atoms with van der Waals surface area (Å²) < 4.78 is 29.9. The van der Waals surface area contributed by atoms with Crippen LogP contribution in [-0.4, -0.2) is 31.8 Å². The Bertz CT molecular complexity index is 1190. The zero-order chi connectivity index (χ0) is 20.0. The number of halogens is 2. The van der Waals surface area contributed by atoms with E-state index in [2.05, 4.69) is 21.4 Å². The van der Waals surface area contributed by atoms with E-state index in [1.165, 1.54) is 6.07 Å². The van der Waals surface area contributed by atoms with Gasteiger partial charge in [0.1, 0.15) is 0 Å². The molecule has 2 atom stereocenters. The lowest BCUT2D eigenvalue weighted by Gasteiger charge is -2.27. The van der Waals surface area contributed by atoms with Gasteiger partial charge in [-0.25, -0.2) is 18.7 Å². The molecule has 5 rings (SSSR count). The molecule has 1 fully saturated rings. The third-order valence-corrected chi connectivity index (χ3v) is 6.46. The molecule has 0 aliphatic heterocycles. The van der Waals surface area contributed by atoms with Crippen molar-refractivity contribution in [2.45, 2.75) is 44.4 Å². The van der Waals surface area contributed by atoms with Gasteiger partial charge in [-0.3, -0.25) is 0 Å². The van der Waals surface area contributed by atoms with Gasteiger partial charge < -0.3 is 15.0 Å². The lowest BCUT2D eigenvalue weighted by Crippen LogP contribution is -2.36. The molecule has 1 aliphatic carbocycles. The van der Waals surface area contributed by atoms with Gasteiger partial charge in [-0.15, -0.1) is 0 Å². The Morgan fingerprint density at radius 2 is 1.93 bits per heavy atom. The monoisotopic (exact) mass is 414 g/mol. The van der Waals surface area contributed by atoms with Crippen molar-refractivity contribution in [2.24, 2.45) is 0 Å². The Hall–Kier alpha value is -2.58. The summed E-state index contributed by atoms with van der Waals surface area (Å²) in [6, 6.07) is 8.35. The Kier molecular flexibility index (Phi) is 4.67. The van der Waals surface area contributed by atoms with Crippen LogP contribution in [0.15, 0.2) is 36.7 Å². The fourth-order valence-corrected chi connectivity index (χ4v) is 4.93. The van der Waals surface area contributed by atoms with Crippen LogP contribution >= 0.6 is 11.3 Å². The van der Waals surface area contributed by atoms with Gasteiger partial charge in [0.15, 0.2) is 16.8 Å². The fraction of sp³-hybridized carbons (Fsp3) is 0.333. The summed E-state index contributed by atoms with van der Waals surface area (Å²) in [7, 11) is 0. The second kappa shape index (κ2) is 7.35. The Balaban J connectivity index is 1.39. The van der Waals surface area contributed by atoms with Gasteiger partial charge in [-0.2, -0.15) is 0 Å². The predicted octanol–water partition coefficient (Wildman–Crippen LogP) is 4.69. The molecular weight excluding hydrogens is 394 g/mol. The minimum absolute atomic E-state index is 0.0522. The van der Waals surface area contributed by atoms with Crippen molar-refractivity contribution >= 4 is 37.7 Å². The number of imidazole rings is 1. The minimum atomic E-state index is -0.892. The molecule has 29 heavy (non-hydrogen) atoms. The second-order valence-corrected chi connectivity index (χ2v) is 8.58. The van der Waals surface area contributed by atoms with E-state index in [0.717, 1.165) is 52.7 Å². The third-order valence-electron chi connectivity index (χ3n) is 5.51. The van der Waals surface area contributed by atoms with Gasteiger partial charge in [0, 0.05) is 18.7 Å². The Morgan fingerprint density at radius 3 is 2.79 bits per heavy atom. The van der Waals surface area contributed by atoms with Crippen molar-refractivity contribution in [3.05, 3.63) is 53.9 Å². The molecule has 1 saturated carbocycles. The number of anilines is 1. The first-order valence-electron chi connectivity index (χ1n) is 9.71. The highest BCUT2D eigenvalue weighted by Crippen LogP contribution is 2.30. The van der Waals surface area contributed by atoms with Crippen LogP contribution in [-0.2, 0) is 6.54 Å². The van der Waals surface area contributed by atoms with Gasteiger partial charge in [-0.1, -0.05) is 30.2 Å². The molecule has 0 spiro atoms. The van der Waals surface area contributed by atoms with Crippen LogP contribution in [0.25, 0.3) is 21.3 Å². The Morgan fingerprint density at radius 1 is 1.10 bits per heavy atom. The Labute approximate surface area is 170 Å². The van der Waals surface area contributed by atoms with E-state index in [1.807, 2.05) is 12.1 Å². The lowest BCUT2D eigenvalue weighted by atomic mass is 9.93. The van der Waals surface area contributed by atoms with Gasteiger partial charge in [0.25, 0.3) is 0 Å². The maximum absolute atomic E-state index is 13.6. The topological polar surface area (TPSA) is 63.0 Å². The van der Waals surface area contributed by atoms with Gasteiger partial charge in [0.05, 0.1) is 39.7 Å². The van der Waals surface area contributed by atoms with Crippen LogP contribution in [0.3, 0.4) is 0 Å². The molecule has 2 N–H and O–H groups in total. The molecule has 1 aliphatic rings. The lowest BCUT2D eigenvalue weighted by molar-refractivity contribution is 0.116. The van der Waals surface area contributed by atoms with E-state index in [1.54, 1.807) is 22.2 Å². The molecule has 5 nitrogen and oxygen atoms in total. The summed E-state index contributed by atoms with van der Waals surface area (Å²) in [4.78, 5) is 8.80. The summed E-state index contributed by atoms with van der Waals surface area (Å²) in [6.07, 6.45) is 5.24. The van der Waals surface area contributed by atoms with E-state index in [-0.39, 0.29) is 12.1 Å². The van der Waals surface area contributed by atoms with E-state index < -0.39 is 11.6 Å². The number of aliphatic hydroxyl groups excluding tert-OH is 1. The average Bonchev–Trinajstić information content (AvgIpc) is 3.27. The summed E-state index contributed by atoms with van der Waals surface area (Å²) in [6.45, 7) is 0.500. The van der Waals surface area contributed by atoms with Crippen LogP contribution in [0.1, 0.15) is 31.2 Å². The highest BCUT2D eigenvalue weighted by molar-refractivity contribution is 7.22. The first kappa shape index (κ1) is 18.4. The summed E-state index contributed by atoms with van der Waals surface area (Å²) in [5, 5.41) is 14.4. The number of hydrogen-bond donors (Lipinski definition) is 2. The largest absolute Gasteiger partial charge is 0.391 e. The zero-order valence-electron chi connectivity index (χ0n) is 15.6. The summed E-state index contributed by atoms with van der Waals surface area (Å²) in [5.41, 5.74) is 2.91.